The van der Waals surface area contributed by atoms with Gasteiger partial charge in [-0.15, -0.1) is 0 Å². The number of furan rings is 1. The van der Waals surface area contributed by atoms with Crippen LogP contribution in [0.25, 0.3) is 21.9 Å². The number of nitrogens with one attached hydrogen (secondary N) is 1. The SMILES string of the molecule is COc1cc2c(cc1NC(=O)COC(=O)c1cccc(S(=O)(=O)N3CCOCC3)c1)oc1ccccc12. The molecule has 1 fully saturated rings. The summed E-state index contributed by atoms with van der Waals surface area (Å²) >= 11 is 0. The Morgan fingerprint density at radius 1 is 0.973 bits per heavy atom. The number of anilines is 1. The number of morpholine rings is 1. The van der Waals surface area contributed by atoms with Crippen LogP contribution in [0.5, 0.6) is 5.75 Å². The van der Waals surface area contributed by atoms with E-state index in [1.54, 1.807) is 12.1 Å². The second-order valence-electron chi connectivity index (χ2n) is 8.32. The van der Waals surface area contributed by atoms with Crippen LogP contribution < -0.4 is 10.1 Å². The van der Waals surface area contributed by atoms with Crippen LogP contribution in [0, 0.1) is 0 Å². The minimum Gasteiger partial charge on any atom is -0.495 e. The number of carbonyl (C=O) groups excluding carboxylic acids is 2. The van der Waals surface area contributed by atoms with Gasteiger partial charge in [-0.1, -0.05) is 24.3 Å². The Kier molecular flexibility index (Phi) is 6.83. The number of para-hydroxylation sites is 1. The van der Waals surface area contributed by atoms with Gasteiger partial charge in [-0.2, -0.15) is 4.31 Å². The van der Waals surface area contributed by atoms with Gasteiger partial charge in [-0.05, 0) is 30.3 Å². The molecule has 37 heavy (non-hydrogen) atoms. The molecule has 0 unspecified atom stereocenters. The van der Waals surface area contributed by atoms with Gasteiger partial charge in [-0.25, -0.2) is 13.2 Å². The van der Waals surface area contributed by atoms with Gasteiger partial charge < -0.3 is 23.9 Å². The summed E-state index contributed by atoms with van der Waals surface area (Å²) in [6.07, 6.45) is 0. The highest BCUT2D eigenvalue weighted by Crippen LogP contribution is 2.36. The summed E-state index contributed by atoms with van der Waals surface area (Å²) in [7, 11) is -2.30. The summed E-state index contributed by atoms with van der Waals surface area (Å²) in [6.45, 7) is 0.510. The van der Waals surface area contributed by atoms with Gasteiger partial charge in [0.15, 0.2) is 6.61 Å². The first kappa shape index (κ1) is 24.8. The quantitative estimate of drug-likeness (QED) is 0.365. The zero-order valence-electron chi connectivity index (χ0n) is 19.9. The molecule has 192 valence electrons. The van der Waals surface area contributed by atoms with Crippen LogP contribution >= 0.6 is 0 Å². The maximum absolute atomic E-state index is 12.9. The molecule has 0 aliphatic carbocycles. The Bertz CT molecular complexity index is 1590. The Balaban J connectivity index is 1.27. The summed E-state index contributed by atoms with van der Waals surface area (Å²) in [5.41, 5.74) is 1.64. The van der Waals surface area contributed by atoms with Crippen molar-refractivity contribution >= 4 is 49.5 Å². The highest BCUT2D eigenvalue weighted by Gasteiger charge is 2.27. The molecule has 1 aliphatic rings. The number of fused-ring (bicyclic) bond motifs is 3. The number of esters is 1. The van der Waals surface area contributed by atoms with Gasteiger partial charge >= 0.3 is 5.97 Å². The topological polar surface area (TPSA) is 124 Å². The van der Waals surface area contributed by atoms with Gasteiger partial charge in [0.05, 0.1) is 36.5 Å². The third kappa shape index (κ3) is 5.01. The van der Waals surface area contributed by atoms with E-state index in [4.69, 9.17) is 18.6 Å². The Hall–Kier alpha value is -3.93. The molecule has 4 aromatic rings. The van der Waals surface area contributed by atoms with Crippen molar-refractivity contribution in [1.29, 1.82) is 0 Å². The van der Waals surface area contributed by atoms with E-state index in [-0.39, 0.29) is 23.5 Å². The van der Waals surface area contributed by atoms with Crippen LogP contribution in [0.2, 0.25) is 0 Å². The third-order valence-electron chi connectivity index (χ3n) is 5.98. The van der Waals surface area contributed by atoms with E-state index in [9.17, 15) is 18.0 Å². The fraction of sp³-hybridized carbons (Fsp3) is 0.231. The van der Waals surface area contributed by atoms with Gasteiger partial charge in [-0.3, -0.25) is 4.79 Å². The first-order valence-electron chi connectivity index (χ1n) is 11.5. The van der Waals surface area contributed by atoms with Crippen LogP contribution in [0.4, 0.5) is 5.69 Å². The van der Waals surface area contributed by atoms with E-state index in [2.05, 4.69) is 5.32 Å². The molecular weight excluding hydrogens is 500 g/mol. The molecule has 1 aromatic heterocycles. The van der Waals surface area contributed by atoms with Crippen LogP contribution in [0.1, 0.15) is 10.4 Å². The fourth-order valence-electron chi connectivity index (χ4n) is 4.14. The van der Waals surface area contributed by atoms with Gasteiger partial charge in [0.2, 0.25) is 10.0 Å². The Morgan fingerprint density at radius 3 is 2.54 bits per heavy atom. The lowest BCUT2D eigenvalue weighted by Gasteiger charge is -2.26. The second kappa shape index (κ2) is 10.2. The normalized spacial score (nSPS) is 14.5. The van der Waals surface area contributed by atoms with Crippen molar-refractivity contribution in [3.05, 3.63) is 66.2 Å². The first-order chi connectivity index (χ1) is 17.9. The number of methoxy groups -OCH3 is 1. The molecule has 2 heterocycles. The van der Waals surface area contributed by atoms with Crippen molar-refractivity contribution in [2.24, 2.45) is 0 Å². The molecule has 3 aromatic carbocycles. The molecule has 1 aliphatic heterocycles. The smallest absolute Gasteiger partial charge is 0.338 e. The van der Waals surface area contributed by atoms with Crippen LogP contribution in [-0.2, 0) is 24.3 Å². The number of carbonyl (C=O) groups is 2. The Morgan fingerprint density at radius 2 is 1.76 bits per heavy atom. The summed E-state index contributed by atoms with van der Waals surface area (Å²) in [6, 6.07) is 16.5. The van der Waals surface area contributed by atoms with E-state index >= 15 is 0 Å². The minimum atomic E-state index is -3.78. The minimum absolute atomic E-state index is 0.0170. The van der Waals surface area contributed by atoms with Crippen molar-refractivity contribution in [3.63, 3.8) is 0 Å². The molecule has 0 radical (unpaired) electrons. The molecule has 10 nitrogen and oxygen atoms in total. The molecule has 0 bridgehead atoms. The summed E-state index contributed by atoms with van der Waals surface area (Å²) in [5.74, 6) is -1.01. The van der Waals surface area contributed by atoms with Crippen LogP contribution in [-0.4, -0.2) is 64.6 Å². The molecule has 1 saturated heterocycles. The first-order valence-corrected chi connectivity index (χ1v) is 12.9. The lowest BCUT2D eigenvalue weighted by atomic mass is 10.1. The van der Waals surface area contributed by atoms with E-state index in [1.165, 1.54) is 35.7 Å². The summed E-state index contributed by atoms with van der Waals surface area (Å²) < 4.78 is 48.7. The maximum Gasteiger partial charge on any atom is 0.338 e. The van der Waals surface area contributed by atoms with Gasteiger partial charge in [0, 0.05) is 29.9 Å². The predicted octanol–water partition coefficient (Wildman–Crippen LogP) is 3.41. The number of benzene rings is 3. The lowest BCUT2D eigenvalue weighted by molar-refractivity contribution is -0.119. The van der Waals surface area contributed by atoms with E-state index < -0.39 is 28.5 Å². The van der Waals surface area contributed by atoms with Crippen molar-refractivity contribution in [1.82, 2.24) is 4.31 Å². The number of hydrogen-bond donors (Lipinski definition) is 1. The van der Waals surface area contributed by atoms with Crippen molar-refractivity contribution in [3.8, 4) is 5.75 Å². The van der Waals surface area contributed by atoms with Crippen molar-refractivity contribution < 1.29 is 36.6 Å². The average Bonchev–Trinajstić information content (AvgIpc) is 3.29. The number of hydrogen-bond acceptors (Lipinski definition) is 8. The van der Waals surface area contributed by atoms with Crippen LogP contribution in [0.3, 0.4) is 0 Å². The molecule has 0 spiro atoms. The van der Waals surface area contributed by atoms with Crippen LogP contribution in [0.15, 0.2) is 70.0 Å². The van der Waals surface area contributed by atoms with Gasteiger partial charge in [0.1, 0.15) is 16.9 Å². The van der Waals surface area contributed by atoms with Crippen molar-refractivity contribution in [2.45, 2.75) is 4.90 Å². The monoisotopic (exact) mass is 524 g/mol. The molecule has 0 atom stereocenters. The van der Waals surface area contributed by atoms with E-state index in [0.717, 1.165) is 10.8 Å². The number of sulfonamides is 1. The van der Waals surface area contributed by atoms with E-state index in [0.29, 0.717) is 35.8 Å². The summed E-state index contributed by atoms with van der Waals surface area (Å²) in [4.78, 5) is 25.1. The number of amides is 1. The molecule has 1 amide bonds. The number of rotatable bonds is 7. The Labute approximate surface area is 212 Å². The predicted molar refractivity (Wildman–Crippen MR) is 135 cm³/mol. The maximum atomic E-state index is 12.9. The molecule has 1 N–H and O–H groups in total. The standard InChI is InChI=1S/C26H24N2O8S/c1-33-24-14-20-19-7-2-3-8-22(19)36-23(20)15-21(24)27-25(29)16-35-26(30)17-5-4-6-18(13-17)37(31,32)28-9-11-34-12-10-28/h2-8,13-15H,9-12,16H2,1H3,(H,27,29). The highest BCUT2D eigenvalue weighted by atomic mass is 32.2. The second-order valence-corrected chi connectivity index (χ2v) is 10.3. The molecular formula is C26H24N2O8S. The summed E-state index contributed by atoms with van der Waals surface area (Å²) in [5, 5.41) is 4.42. The third-order valence-corrected chi connectivity index (χ3v) is 7.88. The average molecular weight is 525 g/mol. The van der Waals surface area contributed by atoms with E-state index in [1.807, 2.05) is 24.3 Å². The highest BCUT2D eigenvalue weighted by molar-refractivity contribution is 7.89. The zero-order valence-corrected chi connectivity index (χ0v) is 20.7. The fourth-order valence-corrected chi connectivity index (χ4v) is 5.59. The number of nitrogens with zero attached hydrogens (tertiary/aromatic N) is 1. The lowest BCUT2D eigenvalue weighted by Crippen LogP contribution is -2.40. The number of ether oxygens (including phenoxy) is 3. The van der Waals surface area contributed by atoms with Gasteiger partial charge in [0.25, 0.3) is 5.91 Å². The largest absolute Gasteiger partial charge is 0.495 e. The molecule has 5 rings (SSSR count). The zero-order chi connectivity index (χ0) is 26.0. The molecule has 11 heteroatoms. The molecule has 0 saturated carbocycles. The van der Waals surface area contributed by atoms with Crippen molar-refractivity contribution in [2.75, 3.05) is 45.3 Å².